The van der Waals surface area contributed by atoms with Crippen molar-refractivity contribution in [1.29, 1.82) is 0 Å². The van der Waals surface area contributed by atoms with E-state index in [0.29, 0.717) is 17.2 Å². The molecule has 0 radical (unpaired) electrons. The number of carbonyl (C=O) groups is 3. The Kier molecular flexibility index (Phi) is 6.18. The Morgan fingerprint density at radius 2 is 1.82 bits per heavy atom. The molecule has 8 heteroatoms. The lowest BCUT2D eigenvalue weighted by atomic mass is 10.1. The number of carboxylic acid groups (broad SMARTS) is 1. The van der Waals surface area contributed by atoms with Crippen molar-refractivity contribution in [3.8, 4) is 11.5 Å². The zero-order chi connectivity index (χ0) is 16.7. The first-order valence-electron chi connectivity index (χ1n) is 6.39. The minimum absolute atomic E-state index is 0.283. The summed E-state index contributed by atoms with van der Waals surface area (Å²) in [4.78, 5) is 33.8. The quantitative estimate of drug-likeness (QED) is 0.698. The number of benzene rings is 1. The summed E-state index contributed by atoms with van der Waals surface area (Å²) in [7, 11) is 2.94. The molecular formula is C14H18N2O6. The molecule has 1 atom stereocenters. The molecule has 0 aliphatic rings. The summed E-state index contributed by atoms with van der Waals surface area (Å²) in [6, 6.07) is 2.68. The van der Waals surface area contributed by atoms with Gasteiger partial charge in [0.1, 0.15) is 11.8 Å². The van der Waals surface area contributed by atoms with Crippen molar-refractivity contribution < 1.29 is 29.0 Å². The van der Waals surface area contributed by atoms with Gasteiger partial charge >= 0.3 is 12.0 Å². The third kappa shape index (κ3) is 4.97. The number of hydrogen-bond donors (Lipinski definition) is 3. The van der Waals surface area contributed by atoms with E-state index < -0.39 is 18.0 Å². The number of nitrogens with one attached hydrogen (secondary N) is 2. The molecule has 0 aliphatic heterocycles. The maximum atomic E-state index is 11.8. The molecule has 8 nitrogen and oxygen atoms in total. The second-order valence-electron chi connectivity index (χ2n) is 4.47. The van der Waals surface area contributed by atoms with Gasteiger partial charge in [0.2, 0.25) is 0 Å². The number of ketones is 1. The number of Topliss-reactive ketones (excluding diaryl/α,β-unsaturated/α-hetero) is 1. The number of rotatable bonds is 7. The maximum Gasteiger partial charge on any atom is 0.326 e. The van der Waals surface area contributed by atoms with E-state index in [-0.39, 0.29) is 12.2 Å². The molecule has 0 saturated carbocycles. The zero-order valence-corrected chi connectivity index (χ0v) is 12.5. The molecule has 22 heavy (non-hydrogen) atoms. The molecule has 0 aromatic heterocycles. The molecule has 0 bridgehead atoms. The lowest BCUT2D eigenvalue weighted by Crippen LogP contribution is -2.44. The molecular weight excluding hydrogens is 292 g/mol. The number of amides is 2. The van der Waals surface area contributed by atoms with Crippen LogP contribution in [0.1, 0.15) is 13.3 Å². The van der Waals surface area contributed by atoms with E-state index in [4.69, 9.17) is 14.6 Å². The van der Waals surface area contributed by atoms with Gasteiger partial charge in [0.05, 0.1) is 14.2 Å². The van der Waals surface area contributed by atoms with Gasteiger partial charge in [0.15, 0.2) is 11.5 Å². The first kappa shape index (κ1) is 17.3. The number of hydrogen-bond acceptors (Lipinski definition) is 5. The number of anilines is 1. The second-order valence-corrected chi connectivity index (χ2v) is 4.47. The van der Waals surface area contributed by atoms with Crippen LogP contribution in [0.15, 0.2) is 18.2 Å². The Hall–Kier alpha value is -2.77. The van der Waals surface area contributed by atoms with Gasteiger partial charge in [0, 0.05) is 18.2 Å². The van der Waals surface area contributed by atoms with E-state index in [9.17, 15) is 14.4 Å². The smallest absolute Gasteiger partial charge is 0.326 e. The molecule has 0 spiro atoms. The summed E-state index contributed by atoms with van der Waals surface area (Å²) >= 11 is 0. The van der Waals surface area contributed by atoms with Crippen LogP contribution in [-0.4, -0.2) is 43.2 Å². The van der Waals surface area contributed by atoms with Crippen molar-refractivity contribution in [2.24, 2.45) is 0 Å². The van der Waals surface area contributed by atoms with Crippen LogP contribution in [0.4, 0.5) is 10.5 Å². The predicted octanol–water partition coefficient (Wildman–Crippen LogP) is 1.26. The van der Waals surface area contributed by atoms with Crippen molar-refractivity contribution in [2.75, 3.05) is 19.5 Å². The highest BCUT2D eigenvalue weighted by Gasteiger charge is 2.21. The molecule has 0 saturated heterocycles. The maximum absolute atomic E-state index is 11.8. The molecule has 120 valence electrons. The summed E-state index contributed by atoms with van der Waals surface area (Å²) in [5, 5.41) is 13.6. The Morgan fingerprint density at radius 1 is 1.18 bits per heavy atom. The van der Waals surface area contributed by atoms with Crippen LogP contribution < -0.4 is 20.1 Å². The fraction of sp³-hybridized carbons (Fsp3) is 0.357. The molecule has 0 heterocycles. The Labute approximate surface area is 127 Å². The molecule has 0 fully saturated rings. The van der Waals surface area contributed by atoms with E-state index in [1.54, 1.807) is 12.1 Å². The zero-order valence-electron chi connectivity index (χ0n) is 12.5. The van der Waals surface area contributed by atoms with Crippen LogP contribution in [-0.2, 0) is 9.59 Å². The van der Waals surface area contributed by atoms with Gasteiger partial charge < -0.3 is 25.2 Å². The normalized spacial score (nSPS) is 11.2. The van der Waals surface area contributed by atoms with Crippen molar-refractivity contribution in [3.05, 3.63) is 18.2 Å². The molecule has 3 N–H and O–H groups in total. The topological polar surface area (TPSA) is 114 Å². The van der Waals surface area contributed by atoms with Gasteiger partial charge in [-0.25, -0.2) is 9.59 Å². The predicted molar refractivity (Wildman–Crippen MR) is 78.4 cm³/mol. The Balaban J connectivity index is 2.75. The van der Waals surface area contributed by atoms with Crippen molar-refractivity contribution in [1.82, 2.24) is 5.32 Å². The van der Waals surface area contributed by atoms with Gasteiger partial charge in [0.25, 0.3) is 0 Å². The van der Waals surface area contributed by atoms with E-state index in [2.05, 4.69) is 10.6 Å². The van der Waals surface area contributed by atoms with E-state index in [1.807, 2.05) is 0 Å². The standard InChI is InChI=1S/C14H18N2O6/c1-8(17)6-10(13(18)19)16-14(20)15-9-4-5-11(21-2)12(7-9)22-3/h4-5,7,10H,6H2,1-3H3,(H,18,19)(H2,15,16,20). The summed E-state index contributed by atoms with van der Waals surface area (Å²) in [6.45, 7) is 1.25. The van der Waals surface area contributed by atoms with Crippen molar-refractivity contribution in [3.63, 3.8) is 0 Å². The van der Waals surface area contributed by atoms with Crippen molar-refractivity contribution >= 4 is 23.5 Å². The summed E-state index contributed by atoms with van der Waals surface area (Å²) in [6.07, 6.45) is -0.283. The van der Waals surface area contributed by atoms with Crippen LogP contribution in [0.3, 0.4) is 0 Å². The van der Waals surface area contributed by atoms with Gasteiger partial charge in [-0.3, -0.25) is 4.79 Å². The average Bonchev–Trinajstić information content (AvgIpc) is 2.45. The van der Waals surface area contributed by atoms with Gasteiger partial charge in [-0.1, -0.05) is 0 Å². The number of carbonyl (C=O) groups excluding carboxylic acids is 2. The molecule has 1 aromatic rings. The van der Waals surface area contributed by atoms with E-state index in [0.717, 1.165) is 0 Å². The molecule has 2 amide bonds. The molecule has 0 aliphatic carbocycles. The highest BCUT2D eigenvalue weighted by atomic mass is 16.5. The average molecular weight is 310 g/mol. The lowest BCUT2D eigenvalue weighted by molar-refractivity contribution is -0.140. The SMILES string of the molecule is COc1ccc(NC(=O)NC(CC(C)=O)C(=O)O)cc1OC. The summed E-state index contributed by atoms with van der Waals surface area (Å²) in [5.41, 5.74) is 0.391. The third-order valence-corrected chi connectivity index (χ3v) is 2.74. The molecule has 1 rings (SSSR count). The van der Waals surface area contributed by atoms with Gasteiger partial charge in [-0.15, -0.1) is 0 Å². The van der Waals surface area contributed by atoms with Crippen LogP contribution in [0.2, 0.25) is 0 Å². The lowest BCUT2D eigenvalue weighted by Gasteiger charge is -2.15. The monoisotopic (exact) mass is 310 g/mol. The highest BCUT2D eigenvalue weighted by molar-refractivity contribution is 5.94. The summed E-state index contributed by atoms with van der Waals surface area (Å²) < 4.78 is 10.2. The number of carboxylic acids is 1. The second kappa shape index (κ2) is 7.87. The van der Waals surface area contributed by atoms with Crippen molar-refractivity contribution in [2.45, 2.75) is 19.4 Å². The van der Waals surface area contributed by atoms with Gasteiger partial charge in [-0.2, -0.15) is 0 Å². The van der Waals surface area contributed by atoms with Crippen LogP contribution in [0.25, 0.3) is 0 Å². The first-order valence-corrected chi connectivity index (χ1v) is 6.39. The Morgan fingerprint density at radius 3 is 2.32 bits per heavy atom. The van der Waals surface area contributed by atoms with Crippen LogP contribution in [0, 0.1) is 0 Å². The third-order valence-electron chi connectivity index (χ3n) is 2.74. The van der Waals surface area contributed by atoms with E-state index >= 15 is 0 Å². The largest absolute Gasteiger partial charge is 0.493 e. The van der Waals surface area contributed by atoms with Crippen LogP contribution >= 0.6 is 0 Å². The van der Waals surface area contributed by atoms with Crippen LogP contribution in [0.5, 0.6) is 11.5 Å². The highest BCUT2D eigenvalue weighted by Crippen LogP contribution is 2.29. The fourth-order valence-electron chi connectivity index (χ4n) is 1.73. The fourth-order valence-corrected chi connectivity index (χ4v) is 1.73. The number of methoxy groups -OCH3 is 2. The minimum atomic E-state index is -1.28. The number of urea groups is 1. The first-order chi connectivity index (χ1) is 10.4. The number of ether oxygens (including phenoxy) is 2. The molecule has 1 aromatic carbocycles. The minimum Gasteiger partial charge on any atom is -0.493 e. The Bertz CT molecular complexity index is 572. The summed E-state index contributed by atoms with van der Waals surface area (Å²) in [5.74, 6) is -0.705. The van der Waals surface area contributed by atoms with Gasteiger partial charge in [-0.05, 0) is 19.1 Å². The van der Waals surface area contributed by atoms with E-state index in [1.165, 1.54) is 27.2 Å². The molecule has 1 unspecified atom stereocenters. The number of aliphatic carboxylic acids is 1.